The first kappa shape index (κ1) is 8.97. The van der Waals surface area contributed by atoms with Crippen molar-refractivity contribution >= 4 is 5.91 Å². The first-order chi connectivity index (χ1) is 6.31. The molecule has 4 heteroatoms. The zero-order chi connectivity index (χ0) is 9.26. The van der Waals surface area contributed by atoms with Crippen molar-refractivity contribution in [3.05, 3.63) is 0 Å². The fraction of sp³-hybridized carbons (Fsp3) is 0.889. The number of carbonyl (C=O) groups excluding carboxylic acids is 1. The van der Waals surface area contributed by atoms with Crippen molar-refractivity contribution in [3.8, 4) is 0 Å². The topological polar surface area (TPSA) is 38.8 Å². The first-order valence-corrected chi connectivity index (χ1v) is 4.75. The van der Waals surface area contributed by atoms with Crippen molar-refractivity contribution in [3.63, 3.8) is 0 Å². The number of methoxy groups -OCH3 is 1. The lowest BCUT2D eigenvalue weighted by Crippen LogP contribution is -2.35. The van der Waals surface area contributed by atoms with Crippen LogP contribution >= 0.6 is 0 Å². The number of hydrogen-bond donors (Lipinski definition) is 0. The molecule has 2 aliphatic heterocycles. The Labute approximate surface area is 77.8 Å². The van der Waals surface area contributed by atoms with Crippen LogP contribution in [0.15, 0.2) is 0 Å². The van der Waals surface area contributed by atoms with E-state index in [-0.39, 0.29) is 12.2 Å². The van der Waals surface area contributed by atoms with Crippen LogP contribution in [0.25, 0.3) is 0 Å². The van der Waals surface area contributed by atoms with Crippen molar-refractivity contribution in [1.29, 1.82) is 0 Å². The zero-order valence-electron chi connectivity index (χ0n) is 7.86. The smallest absolute Gasteiger partial charge is 0.228 e. The summed E-state index contributed by atoms with van der Waals surface area (Å²) in [5, 5.41) is 0. The second kappa shape index (κ2) is 3.64. The molecular formula is C9H15NO3. The Balaban J connectivity index is 2.04. The van der Waals surface area contributed by atoms with Gasteiger partial charge in [-0.15, -0.1) is 0 Å². The van der Waals surface area contributed by atoms with Gasteiger partial charge in [-0.3, -0.25) is 4.79 Å². The van der Waals surface area contributed by atoms with E-state index in [9.17, 15) is 4.79 Å². The molecule has 0 aromatic carbocycles. The predicted molar refractivity (Wildman–Crippen MR) is 46.1 cm³/mol. The molecule has 1 amide bonds. The van der Waals surface area contributed by atoms with Crippen LogP contribution in [-0.2, 0) is 14.3 Å². The van der Waals surface area contributed by atoms with E-state index >= 15 is 0 Å². The molecule has 13 heavy (non-hydrogen) atoms. The largest absolute Gasteiger partial charge is 0.355 e. The molecule has 2 saturated heterocycles. The molecule has 0 unspecified atom stereocenters. The second-order valence-electron chi connectivity index (χ2n) is 3.59. The van der Waals surface area contributed by atoms with Gasteiger partial charge in [0.1, 0.15) is 0 Å². The van der Waals surface area contributed by atoms with Gasteiger partial charge in [0.15, 0.2) is 6.29 Å². The molecular weight excluding hydrogens is 170 g/mol. The number of carbonyl (C=O) groups is 1. The molecule has 0 N–H and O–H groups in total. The third kappa shape index (κ3) is 1.69. The van der Waals surface area contributed by atoms with Crippen molar-refractivity contribution in [2.45, 2.75) is 31.6 Å². The van der Waals surface area contributed by atoms with Crippen LogP contribution in [0.1, 0.15) is 19.3 Å². The lowest BCUT2D eigenvalue weighted by molar-refractivity contribution is -0.142. The monoisotopic (exact) mass is 185 g/mol. The average Bonchev–Trinajstić information content (AvgIpc) is 2.54. The van der Waals surface area contributed by atoms with Gasteiger partial charge in [0.05, 0.1) is 19.1 Å². The predicted octanol–water partition coefficient (Wildman–Crippen LogP) is 0.370. The van der Waals surface area contributed by atoms with Crippen LogP contribution < -0.4 is 0 Å². The maximum atomic E-state index is 11.6. The van der Waals surface area contributed by atoms with Crippen LogP contribution in [0.2, 0.25) is 0 Å². The fourth-order valence-electron chi connectivity index (χ4n) is 2.03. The average molecular weight is 185 g/mol. The molecule has 2 fully saturated rings. The highest BCUT2D eigenvalue weighted by molar-refractivity contribution is 5.77. The van der Waals surface area contributed by atoms with Crippen LogP contribution in [0, 0.1) is 0 Å². The molecule has 0 bridgehead atoms. The van der Waals surface area contributed by atoms with Gasteiger partial charge in [-0.05, 0) is 12.8 Å². The number of hydrogen-bond acceptors (Lipinski definition) is 3. The minimum absolute atomic E-state index is 0.173. The van der Waals surface area contributed by atoms with Gasteiger partial charge in [-0.25, -0.2) is 0 Å². The molecule has 0 aromatic heterocycles. The molecule has 2 aliphatic rings. The third-order valence-corrected chi connectivity index (χ3v) is 2.78. The molecule has 4 nitrogen and oxygen atoms in total. The fourth-order valence-corrected chi connectivity index (χ4v) is 2.03. The van der Waals surface area contributed by atoms with E-state index in [0.29, 0.717) is 19.1 Å². The standard InChI is InChI=1S/C9H15NO3/c1-12-9-5-8(11)10-4-2-3-7(10)6-13-9/h7,9H,2-6H2,1H3/t7-,9-/m0/s1. The summed E-state index contributed by atoms with van der Waals surface area (Å²) >= 11 is 0. The molecule has 0 saturated carbocycles. The summed E-state index contributed by atoms with van der Waals surface area (Å²) in [5.74, 6) is 0.173. The van der Waals surface area contributed by atoms with Crippen molar-refractivity contribution < 1.29 is 14.3 Å². The molecule has 0 aliphatic carbocycles. The van der Waals surface area contributed by atoms with E-state index in [1.807, 2.05) is 4.90 Å². The van der Waals surface area contributed by atoms with Gasteiger partial charge >= 0.3 is 0 Å². The number of fused-ring (bicyclic) bond motifs is 1. The normalized spacial score (nSPS) is 34.5. The Bertz CT molecular complexity index is 207. The number of nitrogens with zero attached hydrogens (tertiary/aromatic N) is 1. The Morgan fingerprint density at radius 1 is 1.62 bits per heavy atom. The van der Waals surface area contributed by atoms with E-state index < -0.39 is 0 Å². The summed E-state index contributed by atoms with van der Waals surface area (Å²) in [6.07, 6.45) is 2.21. The summed E-state index contributed by atoms with van der Waals surface area (Å²) < 4.78 is 10.5. The van der Waals surface area contributed by atoms with E-state index in [0.717, 1.165) is 19.4 Å². The SMILES string of the molecule is CO[C@@H]1CC(=O)N2CCC[C@H]2CO1. The van der Waals surface area contributed by atoms with Crippen molar-refractivity contribution in [2.24, 2.45) is 0 Å². The van der Waals surface area contributed by atoms with Gasteiger partial charge in [0.25, 0.3) is 0 Å². The summed E-state index contributed by atoms with van der Waals surface area (Å²) in [6.45, 7) is 1.52. The molecule has 74 valence electrons. The Morgan fingerprint density at radius 3 is 3.23 bits per heavy atom. The summed E-state index contributed by atoms with van der Waals surface area (Å²) in [5.41, 5.74) is 0. The molecule has 2 rings (SSSR count). The highest BCUT2D eigenvalue weighted by Gasteiger charge is 2.33. The van der Waals surface area contributed by atoms with Crippen molar-refractivity contribution in [2.75, 3.05) is 20.3 Å². The Hall–Kier alpha value is -0.610. The second-order valence-corrected chi connectivity index (χ2v) is 3.59. The quantitative estimate of drug-likeness (QED) is 0.592. The lowest BCUT2D eigenvalue weighted by Gasteiger charge is -2.20. The summed E-state index contributed by atoms with van der Waals surface area (Å²) in [7, 11) is 1.58. The summed E-state index contributed by atoms with van der Waals surface area (Å²) in [6, 6.07) is 0.299. The molecule has 2 atom stereocenters. The van der Waals surface area contributed by atoms with Gasteiger partial charge in [0.2, 0.25) is 5.91 Å². The minimum atomic E-state index is -0.335. The van der Waals surface area contributed by atoms with E-state index in [4.69, 9.17) is 9.47 Å². The van der Waals surface area contributed by atoms with E-state index in [2.05, 4.69) is 0 Å². The molecule has 0 spiro atoms. The summed E-state index contributed by atoms with van der Waals surface area (Å²) in [4.78, 5) is 13.6. The van der Waals surface area contributed by atoms with Gasteiger partial charge < -0.3 is 14.4 Å². The minimum Gasteiger partial charge on any atom is -0.355 e. The van der Waals surface area contributed by atoms with E-state index in [1.165, 1.54) is 0 Å². The lowest BCUT2D eigenvalue weighted by atomic mass is 10.2. The first-order valence-electron chi connectivity index (χ1n) is 4.75. The number of rotatable bonds is 1. The van der Waals surface area contributed by atoms with E-state index in [1.54, 1.807) is 7.11 Å². The highest BCUT2D eigenvalue weighted by atomic mass is 16.7. The number of ether oxygens (including phenoxy) is 2. The van der Waals surface area contributed by atoms with Gasteiger partial charge in [-0.2, -0.15) is 0 Å². The van der Waals surface area contributed by atoms with Crippen LogP contribution in [0.3, 0.4) is 0 Å². The van der Waals surface area contributed by atoms with Gasteiger partial charge in [-0.1, -0.05) is 0 Å². The molecule has 2 heterocycles. The zero-order valence-corrected chi connectivity index (χ0v) is 7.86. The maximum absolute atomic E-state index is 11.6. The highest BCUT2D eigenvalue weighted by Crippen LogP contribution is 2.23. The van der Waals surface area contributed by atoms with Crippen molar-refractivity contribution in [1.82, 2.24) is 4.90 Å². The molecule has 0 aromatic rings. The van der Waals surface area contributed by atoms with Crippen LogP contribution in [-0.4, -0.2) is 43.4 Å². The van der Waals surface area contributed by atoms with Gasteiger partial charge in [0, 0.05) is 13.7 Å². The van der Waals surface area contributed by atoms with Crippen LogP contribution in [0.4, 0.5) is 0 Å². The maximum Gasteiger partial charge on any atom is 0.228 e. The Morgan fingerprint density at radius 2 is 2.46 bits per heavy atom. The number of amides is 1. The third-order valence-electron chi connectivity index (χ3n) is 2.78. The Kier molecular flexibility index (Phi) is 2.51. The molecule has 0 radical (unpaired) electrons. The van der Waals surface area contributed by atoms with Crippen LogP contribution in [0.5, 0.6) is 0 Å².